The summed E-state index contributed by atoms with van der Waals surface area (Å²) in [7, 11) is 0. The van der Waals surface area contributed by atoms with E-state index in [1.807, 2.05) is 38.1 Å². The third-order valence-electron chi connectivity index (χ3n) is 3.53. The molecule has 0 atom stereocenters. The Hall–Kier alpha value is -2.73. The minimum absolute atomic E-state index is 0.0708. The van der Waals surface area contributed by atoms with Crippen LogP contribution in [0, 0.1) is 24.0 Å². The molecule has 5 nitrogen and oxygen atoms in total. The van der Waals surface area contributed by atoms with Crippen LogP contribution in [0.2, 0.25) is 0 Å². The highest BCUT2D eigenvalue weighted by Gasteiger charge is 2.09. The molecule has 6 heteroatoms. The van der Waals surface area contributed by atoms with Crippen LogP contribution in [0.5, 0.6) is 5.75 Å². The molecular weight excluding hydrogens is 312 g/mol. The van der Waals surface area contributed by atoms with Crippen LogP contribution in [0.1, 0.15) is 21.7 Å². The van der Waals surface area contributed by atoms with Crippen LogP contribution >= 0.6 is 11.3 Å². The second kappa shape index (κ2) is 5.81. The lowest BCUT2D eigenvalue weighted by molar-refractivity contribution is -0.384. The lowest BCUT2D eigenvalue weighted by atomic mass is 10.1. The molecule has 0 unspecified atom stereocenters. The number of rotatable bonds is 3. The molecule has 3 rings (SSSR count). The van der Waals surface area contributed by atoms with Crippen LogP contribution in [0.3, 0.4) is 0 Å². The minimum Gasteiger partial charge on any atom is -0.507 e. The van der Waals surface area contributed by atoms with Crippen molar-refractivity contribution in [2.75, 3.05) is 0 Å². The Morgan fingerprint density at radius 3 is 2.52 bits per heavy atom. The van der Waals surface area contributed by atoms with Gasteiger partial charge in [-0.25, -0.2) is 4.98 Å². The Balaban J connectivity index is 1.93. The molecule has 0 spiro atoms. The molecule has 0 saturated carbocycles. The molecule has 0 bridgehead atoms. The summed E-state index contributed by atoms with van der Waals surface area (Å²) in [6, 6.07) is 8.46. The predicted molar refractivity (Wildman–Crippen MR) is 92.8 cm³/mol. The summed E-state index contributed by atoms with van der Waals surface area (Å²) >= 11 is 1.41. The number of fused-ring (bicyclic) bond motifs is 1. The summed E-state index contributed by atoms with van der Waals surface area (Å²) < 4.78 is 0.789. The van der Waals surface area contributed by atoms with E-state index in [-0.39, 0.29) is 5.69 Å². The molecule has 0 saturated heterocycles. The molecule has 23 heavy (non-hydrogen) atoms. The van der Waals surface area contributed by atoms with E-state index in [1.54, 1.807) is 12.1 Å². The standard InChI is InChI=1S/C17H14N2O3S/c1-10-7-12(8-11(2)17(10)20)3-6-16-18-14-5-4-13(19(21)22)9-15(14)23-16/h3-9,20H,1-2H3/b6-3+. The third kappa shape index (κ3) is 3.07. The summed E-state index contributed by atoms with van der Waals surface area (Å²) in [5, 5.41) is 21.4. The molecule has 0 aliphatic carbocycles. The lowest BCUT2D eigenvalue weighted by Crippen LogP contribution is -1.85. The summed E-state index contributed by atoms with van der Waals surface area (Å²) in [5.41, 5.74) is 3.44. The summed E-state index contributed by atoms with van der Waals surface area (Å²) in [5.74, 6) is 0.314. The van der Waals surface area contributed by atoms with Crippen LogP contribution in [0.15, 0.2) is 30.3 Å². The van der Waals surface area contributed by atoms with Crippen LogP contribution in [0.25, 0.3) is 22.4 Å². The molecule has 116 valence electrons. The Labute approximate surface area is 136 Å². The first-order chi connectivity index (χ1) is 10.9. The molecule has 0 fully saturated rings. The maximum Gasteiger partial charge on any atom is 0.270 e. The summed E-state index contributed by atoms with van der Waals surface area (Å²) in [6.45, 7) is 3.72. The van der Waals surface area contributed by atoms with Crippen molar-refractivity contribution < 1.29 is 10.0 Å². The van der Waals surface area contributed by atoms with E-state index in [9.17, 15) is 15.2 Å². The molecule has 0 aliphatic heterocycles. The Morgan fingerprint density at radius 2 is 1.87 bits per heavy atom. The minimum atomic E-state index is -0.406. The number of nitrogens with zero attached hydrogens (tertiary/aromatic N) is 2. The highest BCUT2D eigenvalue weighted by Crippen LogP contribution is 2.28. The fourth-order valence-electron chi connectivity index (χ4n) is 2.37. The molecule has 1 N–H and O–H groups in total. The number of thiazole rings is 1. The average molecular weight is 326 g/mol. The van der Waals surface area contributed by atoms with Gasteiger partial charge in [-0.2, -0.15) is 0 Å². The van der Waals surface area contributed by atoms with E-state index in [0.29, 0.717) is 5.75 Å². The first-order valence-electron chi connectivity index (χ1n) is 6.97. The molecule has 0 radical (unpaired) electrons. The van der Waals surface area contributed by atoms with Crippen molar-refractivity contribution in [3.05, 3.63) is 62.1 Å². The van der Waals surface area contributed by atoms with E-state index in [0.717, 1.165) is 31.9 Å². The summed E-state index contributed by atoms with van der Waals surface area (Å²) in [4.78, 5) is 14.9. The van der Waals surface area contributed by atoms with Gasteiger partial charge in [-0.1, -0.05) is 6.08 Å². The first-order valence-corrected chi connectivity index (χ1v) is 7.79. The summed E-state index contributed by atoms with van der Waals surface area (Å²) in [6.07, 6.45) is 3.80. The zero-order chi connectivity index (χ0) is 16.6. The number of aromatic hydroxyl groups is 1. The van der Waals surface area contributed by atoms with Gasteiger partial charge in [0.25, 0.3) is 5.69 Å². The zero-order valence-corrected chi connectivity index (χ0v) is 13.4. The van der Waals surface area contributed by atoms with Crippen LogP contribution in [-0.4, -0.2) is 15.0 Å². The number of hydrogen-bond acceptors (Lipinski definition) is 5. The van der Waals surface area contributed by atoms with Crippen molar-refractivity contribution in [1.82, 2.24) is 4.98 Å². The van der Waals surface area contributed by atoms with Gasteiger partial charge in [-0.15, -0.1) is 11.3 Å². The molecule has 2 aromatic carbocycles. The van der Waals surface area contributed by atoms with Crippen molar-refractivity contribution in [1.29, 1.82) is 0 Å². The second-order valence-electron chi connectivity index (χ2n) is 5.30. The average Bonchev–Trinajstić information content (AvgIpc) is 2.92. The molecule has 0 aliphatic rings. The van der Waals surface area contributed by atoms with Gasteiger partial charge in [0.15, 0.2) is 0 Å². The molecule has 3 aromatic rings. The number of aryl methyl sites for hydroxylation is 2. The van der Waals surface area contributed by atoms with Gasteiger partial charge in [0.2, 0.25) is 0 Å². The van der Waals surface area contributed by atoms with Crippen molar-refractivity contribution >= 4 is 39.4 Å². The SMILES string of the molecule is Cc1cc(/C=C/c2nc3ccc([N+](=O)[O-])cc3s2)cc(C)c1O. The van der Waals surface area contributed by atoms with E-state index >= 15 is 0 Å². The second-order valence-corrected chi connectivity index (χ2v) is 6.36. The number of phenols is 1. The topological polar surface area (TPSA) is 76.3 Å². The highest BCUT2D eigenvalue weighted by atomic mass is 32.1. The van der Waals surface area contributed by atoms with E-state index < -0.39 is 4.92 Å². The van der Waals surface area contributed by atoms with Crippen LogP contribution in [0.4, 0.5) is 5.69 Å². The van der Waals surface area contributed by atoms with Gasteiger partial charge < -0.3 is 5.11 Å². The van der Waals surface area contributed by atoms with E-state index in [2.05, 4.69) is 4.98 Å². The van der Waals surface area contributed by atoms with Crippen molar-refractivity contribution in [2.24, 2.45) is 0 Å². The van der Waals surface area contributed by atoms with Gasteiger partial charge in [-0.3, -0.25) is 10.1 Å². The third-order valence-corrected chi connectivity index (χ3v) is 4.51. The Morgan fingerprint density at radius 1 is 1.17 bits per heavy atom. The fraction of sp³-hybridized carbons (Fsp3) is 0.118. The number of non-ortho nitro benzene ring substituents is 1. The molecule has 0 amide bonds. The Bertz CT molecular complexity index is 921. The molecule has 1 aromatic heterocycles. The van der Waals surface area contributed by atoms with E-state index in [4.69, 9.17) is 0 Å². The van der Waals surface area contributed by atoms with Crippen LogP contribution in [-0.2, 0) is 0 Å². The van der Waals surface area contributed by atoms with Crippen molar-refractivity contribution in [2.45, 2.75) is 13.8 Å². The van der Waals surface area contributed by atoms with E-state index in [1.165, 1.54) is 17.4 Å². The highest BCUT2D eigenvalue weighted by molar-refractivity contribution is 7.19. The number of hydrogen-bond donors (Lipinski definition) is 1. The number of aromatic nitrogens is 1. The quantitative estimate of drug-likeness (QED) is 0.559. The smallest absolute Gasteiger partial charge is 0.270 e. The van der Waals surface area contributed by atoms with Crippen molar-refractivity contribution in [3.63, 3.8) is 0 Å². The zero-order valence-electron chi connectivity index (χ0n) is 12.6. The van der Waals surface area contributed by atoms with Gasteiger partial charge in [-0.05, 0) is 54.8 Å². The van der Waals surface area contributed by atoms with Gasteiger partial charge in [0.1, 0.15) is 10.8 Å². The normalized spacial score (nSPS) is 11.4. The fourth-order valence-corrected chi connectivity index (χ4v) is 3.27. The first kappa shape index (κ1) is 15.2. The predicted octanol–water partition coefficient (Wildman–Crippen LogP) is 4.70. The molecule has 1 heterocycles. The number of nitro benzene ring substituents is 1. The monoisotopic (exact) mass is 326 g/mol. The Kier molecular flexibility index (Phi) is 3.83. The van der Waals surface area contributed by atoms with Gasteiger partial charge in [0, 0.05) is 12.1 Å². The van der Waals surface area contributed by atoms with Crippen LogP contribution < -0.4 is 0 Å². The van der Waals surface area contributed by atoms with Crippen molar-refractivity contribution in [3.8, 4) is 5.75 Å². The number of benzene rings is 2. The largest absolute Gasteiger partial charge is 0.507 e. The maximum absolute atomic E-state index is 10.8. The number of nitro groups is 1. The maximum atomic E-state index is 10.8. The van der Waals surface area contributed by atoms with Gasteiger partial charge in [0.05, 0.1) is 15.1 Å². The number of phenolic OH excluding ortho intramolecular Hbond substituents is 1. The molecular formula is C17H14N2O3S. The lowest BCUT2D eigenvalue weighted by Gasteiger charge is -2.04. The van der Waals surface area contributed by atoms with Gasteiger partial charge >= 0.3 is 0 Å².